The van der Waals surface area contributed by atoms with Crippen LogP contribution < -0.4 is 5.32 Å². The van der Waals surface area contributed by atoms with Gasteiger partial charge in [-0.2, -0.15) is 0 Å². The smallest absolute Gasteiger partial charge is 0.236 e. The third kappa shape index (κ3) is 6.53. The van der Waals surface area contributed by atoms with Crippen LogP contribution in [0.1, 0.15) is 10.6 Å². The van der Waals surface area contributed by atoms with Crippen molar-refractivity contribution in [3.8, 4) is 0 Å². The molecule has 0 saturated carbocycles. The monoisotopic (exact) mass is 467 g/mol. The number of thioether (sulfide) groups is 1. The lowest BCUT2D eigenvalue weighted by Gasteiger charge is -2.03. The Hall–Kier alpha value is -1.94. The predicted octanol–water partition coefficient (Wildman–Crippen LogP) is 4.25. The Kier molecular flexibility index (Phi) is 7.28. The average Bonchev–Trinajstić information content (AvgIpc) is 3.14. The van der Waals surface area contributed by atoms with Gasteiger partial charge < -0.3 is 0 Å². The summed E-state index contributed by atoms with van der Waals surface area (Å²) in [5, 5.41) is 12.1. The zero-order valence-corrected chi connectivity index (χ0v) is 18.7. The number of aryl methyl sites for hydroxylation is 2. The Morgan fingerprint density at radius 3 is 2.48 bits per heavy atom. The van der Waals surface area contributed by atoms with Crippen molar-refractivity contribution in [3.05, 3.63) is 64.1 Å². The fourth-order valence-corrected chi connectivity index (χ4v) is 5.28. The van der Waals surface area contributed by atoms with Crippen molar-refractivity contribution in [1.29, 1.82) is 0 Å². The van der Waals surface area contributed by atoms with Gasteiger partial charge in [-0.15, -0.1) is 22.0 Å². The highest BCUT2D eigenvalue weighted by atomic mass is 35.5. The highest BCUT2D eigenvalue weighted by molar-refractivity contribution is 8.00. The minimum absolute atomic E-state index is 0.0644. The summed E-state index contributed by atoms with van der Waals surface area (Å²) in [5.41, 5.74) is 1.00. The third-order valence-corrected chi connectivity index (χ3v) is 7.76. The fraction of sp³-hybridized carbons (Fsp3) is 0.211. The van der Waals surface area contributed by atoms with Crippen molar-refractivity contribution < 1.29 is 13.2 Å². The SMILES string of the molecule is Cc1ccc(S(=O)(=O)CCc2nnc(NC(=O)CSc3ccc(Cl)cc3)s2)cc1. The molecule has 10 heteroatoms. The van der Waals surface area contributed by atoms with Crippen molar-refractivity contribution in [2.75, 3.05) is 16.8 Å². The quantitative estimate of drug-likeness (QED) is 0.498. The van der Waals surface area contributed by atoms with Gasteiger partial charge in [-0.25, -0.2) is 8.42 Å². The molecule has 0 atom stereocenters. The summed E-state index contributed by atoms with van der Waals surface area (Å²) < 4.78 is 24.8. The number of carbonyl (C=O) groups is 1. The second-order valence-corrected chi connectivity index (χ2v) is 10.8. The Labute approximate surface area is 182 Å². The van der Waals surface area contributed by atoms with E-state index in [1.807, 2.05) is 19.1 Å². The molecular formula is C19H18ClN3O3S3. The van der Waals surface area contributed by atoms with Gasteiger partial charge in [0.05, 0.1) is 16.4 Å². The number of nitrogens with zero attached hydrogens (tertiary/aromatic N) is 2. The summed E-state index contributed by atoms with van der Waals surface area (Å²) in [5.74, 6) is -0.0522. The summed E-state index contributed by atoms with van der Waals surface area (Å²) in [7, 11) is -3.39. The molecule has 1 N–H and O–H groups in total. The second-order valence-electron chi connectivity index (χ2n) is 6.17. The zero-order valence-electron chi connectivity index (χ0n) is 15.5. The first-order valence-corrected chi connectivity index (χ1v) is 12.4. The molecule has 2 aromatic carbocycles. The van der Waals surface area contributed by atoms with Gasteiger partial charge in [0.1, 0.15) is 5.01 Å². The minimum atomic E-state index is -3.39. The number of amides is 1. The van der Waals surface area contributed by atoms with Crippen molar-refractivity contribution in [2.45, 2.75) is 23.1 Å². The molecule has 0 spiro atoms. The Bertz CT molecular complexity index is 1080. The molecule has 1 aromatic heterocycles. The molecule has 0 aliphatic heterocycles. The van der Waals surface area contributed by atoms with Crippen LogP contribution in [0.15, 0.2) is 58.3 Å². The molecule has 0 aliphatic rings. The topological polar surface area (TPSA) is 89.0 Å². The number of hydrogen-bond acceptors (Lipinski definition) is 7. The lowest BCUT2D eigenvalue weighted by molar-refractivity contribution is -0.113. The summed E-state index contributed by atoms with van der Waals surface area (Å²) in [6, 6.07) is 14.0. The number of sulfone groups is 1. The van der Waals surface area contributed by atoms with Gasteiger partial charge in [-0.3, -0.25) is 10.1 Å². The van der Waals surface area contributed by atoms with Crippen LogP contribution in [0.5, 0.6) is 0 Å². The molecular weight excluding hydrogens is 450 g/mol. The van der Waals surface area contributed by atoms with Crippen LogP contribution in [0, 0.1) is 6.92 Å². The minimum Gasteiger partial charge on any atom is -0.300 e. The highest BCUT2D eigenvalue weighted by Gasteiger charge is 2.16. The number of aromatic nitrogens is 2. The van der Waals surface area contributed by atoms with Gasteiger partial charge in [0.15, 0.2) is 9.84 Å². The van der Waals surface area contributed by atoms with E-state index in [-0.39, 0.29) is 23.8 Å². The molecule has 152 valence electrons. The van der Waals surface area contributed by atoms with Gasteiger partial charge in [0.25, 0.3) is 0 Å². The maximum atomic E-state index is 12.4. The summed E-state index contributed by atoms with van der Waals surface area (Å²) in [4.78, 5) is 13.3. The fourth-order valence-electron chi connectivity index (χ4n) is 2.33. The van der Waals surface area contributed by atoms with Crippen LogP contribution in [0.25, 0.3) is 0 Å². The Balaban J connectivity index is 1.50. The number of halogens is 1. The van der Waals surface area contributed by atoms with Crippen LogP contribution in [0.2, 0.25) is 5.02 Å². The first-order valence-electron chi connectivity index (χ1n) is 8.62. The first kappa shape index (κ1) is 21.8. The van der Waals surface area contributed by atoms with Crippen molar-refractivity contribution in [1.82, 2.24) is 10.2 Å². The van der Waals surface area contributed by atoms with E-state index in [0.717, 1.165) is 10.5 Å². The standard InChI is InChI=1S/C19H18ClN3O3S3/c1-13-2-8-16(9-3-13)29(25,26)11-10-18-22-23-19(28-18)21-17(24)12-27-15-6-4-14(20)5-7-15/h2-9H,10-12H2,1H3,(H,21,23,24). The molecule has 6 nitrogen and oxygen atoms in total. The van der Waals surface area contributed by atoms with E-state index in [0.29, 0.717) is 20.1 Å². The summed E-state index contributed by atoms with van der Waals surface area (Å²) in [6.07, 6.45) is 0.239. The van der Waals surface area contributed by atoms with Gasteiger partial charge in [0, 0.05) is 16.3 Å². The Morgan fingerprint density at radius 1 is 1.10 bits per heavy atom. The highest BCUT2D eigenvalue weighted by Crippen LogP contribution is 2.22. The molecule has 1 heterocycles. The molecule has 0 unspecified atom stereocenters. The average molecular weight is 468 g/mol. The maximum absolute atomic E-state index is 12.4. The van der Waals surface area contributed by atoms with Gasteiger partial charge >= 0.3 is 0 Å². The van der Waals surface area contributed by atoms with Crippen LogP contribution >= 0.6 is 34.7 Å². The molecule has 0 radical (unpaired) electrons. The normalized spacial score (nSPS) is 11.4. The van der Waals surface area contributed by atoms with Crippen LogP contribution in [-0.4, -0.2) is 36.0 Å². The third-order valence-electron chi connectivity index (χ3n) is 3.86. The summed E-state index contributed by atoms with van der Waals surface area (Å²) >= 11 is 8.40. The van der Waals surface area contributed by atoms with E-state index >= 15 is 0 Å². The van der Waals surface area contributed by atoms with Gasteiger partial charge in [-0.05, 0) is 43.3 Å². The van der Waals surface area contributed by atoms with E-state index in [1.165, 1.54) is 23.1 Å². The lowest BCUT2D eigenvalue weighted by atomic mass is 10.2. The molecule has 3 rings (SSSR count). The zero-order chi connectivity index (χ0) is 20.9. The molecule has 0 fully saturated rings. The van der Waals surface area contributed by atoms with E-state index in [2.05, 4.69) is 15.5 Å². The van der Waals surface area contributed by atoms with Crippen molar-refractivity contribution in [3.63, 3.8) is 0 Å². The Morgan fingerprint density at radius 2 is 1.79 bits per heavy atom. The molecule has 29 heavy (non-hydrogen) atoms. The van der Waals surface area contributed by atoms with Gasteiger partial charge in [-0.1, -0.05) is 40.6 Å². The van der Waals surface area contributed by atoms with Gasteiger partial charge in [0.2, 0.25) is 11.0 Å². The van der Waals surface area contributed by atoms with Crippen LogP contribution in [0.4, 0.5) is 5.13 Å². The van der Waals surface area contributed by atoms with Crippen LogP contribution in [-0.2, 0) is 21.1 Å². The second kappa shape index (κ2) is 9.71. The molecule has 0 aliphatic carbocycles. The number of nitrogens with one attached hydrogen (secondary N) is 1. The number of hydrogen-bond donors (Lipinski definition) is 1. The molecule has 1 amide bonds. The maximum Gasteiger partial charge on any atom is 0.236 e. The van der Waals surface area contributed by atoms with E-state index in [1.54, 1.807) is 36.4 Å². The summed E-state index contributed by atoms with van der Waals surface area (Å²) in [6.45, 7) is 1.90. The predicted molar refractivity (Wildman–Crippen MR) is 118 cm³/mol. The van der Waals surface area contributed by atoms with Crippen molar-refractivity contribution >= 4 is 55.6 Å². The lowest BCUT2D eigenvalue weighted by Crippen LogP contribution is -2.13. The van der Waals surface area contributed by atoms with E-state index in [9.17, 15) is 13.2 Å². The number of benzene rings is 2. The first-order chi connectivity index (χ1) is 13.8. The number of rotatable bonds is 8. The van der Waals surface area contributed by atoms with Crippen LogP contribution in [0.3, 0.4) is 0 Å². The van der Waals surface area contributed by atoms with E-state index in [4.69, 9.17) is 11.6 Å². The molecule has 0 saturated heterocycles. The largest absolute Gasteiger partial charge is 0.300 e. The number of anilines is 1. The van der Waals surface area contributed by atoms with E-state index < -0.39 is 9.84 Å². The molecule has 3 aromatic rings. The van der Waals surface area contributed by atoms with Crippen molar-refractivity contribution in [2.24, 2.45) is 0 Å². The molecule has 0 bridgehead atoms. The number of carbonyl (C=O) groups excluding carboxylic acids is 1.